The van der Waals surface area contributed by atoms with Crippen molar-refractivity contribution in [2.45, 2.75) is 76.2 Å². The summed E-state index contributed by atoms with van der Waals surface area (Å²) in [6.45, 7) is 6.51. The lowest BCUT2D eigenvalue weighted by Crippen LogP contribution is -2.52. The zero-order valence-electron chi connectivity index (χ0n) is 25.1. The molecule has 2 heterocycles. The minimum absolute atomic E-state index is 0.00504. The second kappa shape index (κ2) is 13.1. The Morgan fingerprint density at radius 1 is 1.02 bits per heavy atom. The van der Waals surface area contributed by atoms with Crippen LogP contribution in [0, 0.1) is 11.6 Å². The third kappa shape index (κ3) is 5.97. The van der Waals surface area contributed by atoms with E-state index in [2.05, 4.69) is 5.32 Å². The first kappa shape index (κ1) is 32.4. The molecule has 0 aliphatic carbocycles. The van der Waals surface area contributed by atoms with E-state index in [1.54, 1.807) is 35.2 Å². The molecule has 4 unspecified atom stereocenters. The second-order valence-corrected chi connectivity index (χ2v) is 12.7. The Morgan fingerprint density at radius 2 is 1.70 bits per heavy atom. The van der Waals surface area contributed by atoms with Gasteiger partial charge < -0.3 is 16.0 Å². The molecule has 2 aliphatic heterocycles. The van der Waals surface area contributed by atoms with Crippen molar-refractivity contribution in [2.24, 2.45) is 5.73 Å². The molecule has 4 atom stereocenters. The zero-order chi connectivity index (χ0) is 31.8. The van der Waals surface area contributed by atoms with Crippen molar-refractivity contribution in [3.8, 4) is 0 Å². The largest absolute Gasteiger partial charge is 0.352 e. The topological polar surface area (TPSA) is 78.7 Å². The quantitative estimate of drug-likeness (QED) is 0.323. The van der Waals surface area contributed by atoms with Crippen LogP contribution < -0.4 is 11.1 Å². The molecule has 2 amide bonds. The summed E-state index contributed by atoms with van der Waals surface area (Å²) in [7, 11) is 0. The average molecular weight is 644 g/mol. The number of nitrogens with two attached hydrogens (primary N) is 1. The molecular formula is C34H38Cl2F2N4O2. The minimum Gasteiger partial charge on any atom is -0.352 e. The van der Waals surface area contributed by atoms with Gasteiger partial charge in [-0.05, 0) is 61.1 Å². The molecule has 2 aliphatic rings. The molecule has 3 aromatic rings. The predicted octanol–water partition coefficient (Wildman–Crippen LogP) is 6.17. The normalized spacial score (nSPS) is 24.5. The van der Waals surface area contributed by atoms with Crippen LogP contribution in [0.2, 0.25) is 10.0 Å². The number of likely N-dealkylation sites (tertiary alicyclic amines) is 2. The highest BCUT2D eigenvalue weighted by atomic mass is 35.5. The van der Waals surface area contributed by atoms with Gasteiger partial charge in [0, 0.05) is 60.2 Å². The monoisotopic (exact) mass is 642 g/mol. The number of rotatable bonds is 7. The van der Waals surface area contributed by atoms with Crippen LogP contribution in [0.15, 0.2) is 60.7 Å². The first-order chi connectivity index (χ1) is 21.0. The third-order valence-electron chi connectivity index (χ3n) is 9.46. The Labute approximate surface area is 267 Å². The van der Waals surface area contributed by atoms with Crippen molar-refractivity contribution in [3.05, 3.63) is 105 Å². The average Bonchev–Trinajstić information content (AvgIpc) is 3.21. The second-order valence-electron chi connectivity index (χ2n) is 11.9. The molecule has 2 saturated heterocycles. The highest BCUT2D eigenvalue weighted by molar-refractivity contribution is 6.31. The molecule has 234 valence electrons. The number of nitrogens with one attached hydrogen (secondary N) is 1. The molecule has 0 saturated carbocycles. The van der Waals surface area contributed by atoms with E-state index in [9.17, 15) is 9.59 Å². The van der Waals surface area contributed by atoms with E-state index < -0.39 is 35.2 Å². The number of aryl methyl sites for hydroxylation is 1. The van der Waals surface area contributed by atoms with Gasteiger partial charge >= 0.3 is 0 Å². The lowest BCUT2D eigenvalue weighted by Gasteiger charge is -2.37. The van der Waals surface area contributed by atoms with Crippen molar-refractivity contribution in [2.75, 3.05) is 13.1 Å². The van der Waals surface area contributed by atoms with Crippen LogP contribution in [0.4, 0.5) is 8.78 Å². The summed E-state index contributed by atoms with van der Waals surface area (Å²) < 4.78 is 32.2. The minimum atomic E-state index is -1.54. The van der Waals surface area contributed by atoms with Gasteiger partial charge in [0.25, 0.3) is 0 Å². The van der Waals surface area contributed by atoms with Gasteiger partial charge in [-0.25, -0.2) is 8.78 Å². The van der Waals surface area contributed by atoms with Crippen molar-refractivity contribution < 1.29 is 18.4 Å². The maximum Gasteiger partial charge on any atom is 0.238 e. The number of carbonyl (C=O) groups excluding carboxylic acids is 2. The Morgan fingerprint density at radius 3 is 2.34 bits per heavy atom. The fourth-order valence-corrected chi connectivity index (χ4v) is 7.34. The molecule has 0 radical (unpaired) electrons. The summed E-state index contributed by atoms with van der Waals surface area (Å²) in [5, 5.41) is 3.90. The molecule has 0 bridgehead atoms. The predicted molar refractivity (Wildman–Crippen MR) is 169 cm³/mol. The fourth-order valence-electron chi connectivity index (χ4n) is 6.99. The van der Waals surface area contributed by atoms with Gasteiger partial charge in [-0.15, -0.1) is 0 Å². The smallest absolute Gasteiger partial charge is 0.238 e. The molecule has 10 heteroatoms. The van der Waals surface area contributed by atoms with E-state index in [1.807, 2.05) is 36.9 Å². The number of hydrogen-bond acceptors (Lipinski definition) is 4. The number of amides is 2. The van der Waals surface area contributed by atoms with E-state index in [0.717, 1.165) is 5.56 Å². The van der Waals surface area contributed by atoms with Crippen LogP contribution in [-0.4, -0.2) is 52.8 Å². The molecule has 2 fully saturated rings. The van der Waals surface area contributed by atoms with Crippen molar-refractivity contribution in [1.29, 1.82) is 0 Å². The molecule has 6 nitrogen and oxygen atoms in total. The lowest BCUT2D eigenvalue weighted by molar-refractivity contribution is -0.130. The number of hydrogen-bond donors (Lipinski definition) is 2. The van der Waals surface area contributed by atoms with Crippen LogP contribution in [0.5, 0.6) is 0 Å². The van der Waals surface area contributed by atoms with Crippen LogP contribution >= 0.6 is 23.2 Å². The van der Waals surface area contributed by atoms with Gasteiger partial charge in [0.05, 0.1) is 11.6 Å². The molecule has 3 aromatic carbocycles. The molecule has 5 rings (SSSR count). The number of halogens is 4. The maximum atomic E-state index is 16.3. The van der Waals surface area contributed by atoms with Crippen LogP contribution in [0.3, 0.4) is 0 Å². The fraction of sp³-hybridized carbons (Fsp3) is 0.412. The number of piperidine rings is 1. The van der Waals surface area contributed by atoms with Crippen molar-refractivity contribution in [3.63, 3.8) is 0 Å². The van der Waals surface area contributed by atoms with E-state index in [4.69, 9.17) is 28.9 Å². The Bertz CT molecular complexity index is 1550. The third-order valence-corrected chi connectivity index (χ3v) is 10.1. The summed E-state index contributed by atoms with van der Waals surface area (Å²) in [6.07, 6.45) is 1.60. The number of carbonyl (C=O) groups is 2. The van der Waals surface area contributed by atoms with Crippen LogP contribution in [-0.2, 0) is 28.1 Å². The highest BCUT2D eigenvalue weighted by Gasteiger charge is 2.60. The van der Waals surface area contributed by atoms with Crippen LogP contribution in [0.25, 0.3) is 0 Å². The van der Waals surface area contributed by atoms with Crippen LogP contribution in [0.1, 0.15) is 61.8 Å². The van der Waals surface area contributed by atoms with Gasteiger partial charge in [0.2, 0.25) is 11.8 Å². The van der Waals surface area contributed by atoms with E-state index in [0.29, 0.717) is 42.9 Å². The molecule has 0 spiro atoms. The van der Waals surface area contributed by atoms with Crippen molar-refractivity contribution in [1.82, 2.24) is 15.1 Å². The summed E-state index contributed by atoms with van der Waals surface area (Å²) in [5.41, 5.74) is 7.46. The van der Waals surface area contributed by atoms with E-state index in [1.165, 1.54) is 19.1 Å². The van der Waals surface area contributed by atoms with Crippen molar-refractivity contribution >= 4 is 35.0 Å². The van der Waals surface area contributed by atoms with Gasteiger partial charge in [-0.3, -0.25) is 14.5 Å². The first-order valence-corrected chi connectivity index (χ1v) is 15.8. The zero-order valence-corrected chi connectivity index (χ0v) is 26.6. The molecule has 0 aromatic heterocycles. The lowest BCUT2D eigenvalue weighted by atomic mass is 9.71. The Balaban J connectivity index is 1.66. The maximum absolute atomic E-state index is 16.3. The van der Waals surface area contributed by atoms with Gasteiger partial charge in [0.1, 0.15) is 11.6 Å². The molecule has 3 N–H and O–H groups in total. The summed E-state index contributed by atoms with van der Waals surface area (Å²) in [6, 6.07) is 14.9. The van der Waals surface area contributed by atoms with Gasteiger partial charge in [-0.2, -0.15) is 0 Å². The Hall–Kier alpha value is -3.04. The number of benzene rings is 3. The highest BCUT2D eigenvalue weighted by Crippen LogP contribution is 2.52. The first-order valence-electron chi connectivity index (χ1n) is 15.0. The van der Waals surface area contributed by atoms with E-state index >= 15 is 8.78 Å². The summed E-state index contributed by atoms with van der Waals surface area (Å²) >= 11 is 12.7. The van der Waals surface area contributed by atoms with Gasteiger partial charge in [0.15, 0.2) is 0 Å². The standard InChI is InChI=1S/C34H38Cl2F2N4O2/c1-4-22-9-7-10-26(31(22)38)30-32(33(44)40-25-14-16-41(17-15-25)21(3)43)42(19-23-8-5-6-11-28(23)36)20(2)34(30,39)27-13-12-24(35)18-29(27)37/h5-13,18,20,25,30,32H,4,14-17,19,39H2,1-3H3,(H,40,44). The summed E-state index contributed by atoms with van der Waals surface area (Å²) in [5.74, 6) is -2.39. The van der Waals surface area contributed by atoms with Gasteiger partial charge in [-0.1, -0.05) is 72.6 Å². The van der Waals surface area contributed by atoms with E-state index in [-0.39, 0.29) is 40.6 Å². The SMILES string of the molecule is CCc1cccc(C2C(C(=O)NC3CCN(C(C)=O)CC3)N(Cc3ccccc3Cl)C(C)C2(N)c2ccc(Cl)cc2F)c1F. The summed E-state index contributed by atoms with van der Waals surface area (Å²) in [4.78, 5) is 30.1. The Kier molecular flexibility index (Phi) is 9.66. The molecular weight excluding hydrogens is 605 g/mol. The number of nitrogens with zero attached hydrogens (tertiary/aromatic N) is 2. The molecule has 44 heavy (non-hydrogen) atoms.